The summed E-state index contributed by atoms with van der Waals surface area (Å²) in [5, 5.41) is 16.4. The Morgan fingerprint density at radius 1 is 1.10 bits per heavy atom. The van der Waals surface area contributed by atoms with Crippen LogP contribution in [0.1, 0.15) is 24.2 Å². The van der Waals surface area contributed by atoms with Gasteiger partial charge in [0.05, 0.1) is 16.3 Å². The molecule has 1 fully saturated rings. The molecule has 1 atom stereocenters. The van der Waals surface area contributed by atoms with E-state index in [1.165, 1.54) is 24.3 Å². The molecule has 0 aliphatic carbocycles. The number of nitro benzene ring substituents is 1. The number of benzene rings is 2. The number of nitro groups is 1. The first-order valence-corrected chi connectivity index (χ1v) is 10.3. The molecule has 31 heavy (non-hydrogen) atoms. The quantitative estimate of drug-likeness (QED) is 0.521. The van der Waals surface area contributed by atoms with Gasteiger partial charge >= 0.3 is 0 Å². The number of nitrogens with zero attached hydrogens (tertiary/aromatic N) is 3. The van der Waals surface area contributed by atoms with Crippen LogP contribution in [-0.2, 0) is 4.79 Å². The van der Waals surface area contributed by atoms with Crippen molar-refractivity contribution in [3.05, 3.63) is 64.2 Å². The number of rotatable bonds is 7. The normalized spacial score (nSPS) is 15.2. The second kappa shape index (κ2) is 10.0. The van der Waals surface area contributed by atoms with Gasteiger partial charge in [0.15, 0.2) is 0 Å². The molecular formula is C22H27N5O4. The molecule has 2 aromatic rings. The zero-order valence-electron chi connectivity index (χ0n) is 17.7. The van der Waals surface area contributed by atoms with Crippen LogP contribution < -0.4 is 15.5 Å². The average molecular weight is 425 g/mol. The summed E-state index contributed by atoms with van der Waals surface area (Å²) in [7, 11) is 0. The van der Waals surface area contributed by atoms with Gasteiger partial charge in [-0.2, -0.15) is 0 Å². The fraction of sp³-hybridized carbons (Fsp3) is 0.364. The summed E-state index contributed by atoms with van der Waals surface area (Å²) in [5.74, 6) is -0.909. The van der Waals surface area contributed by atoms with Crippen molar-refractivity contribution in [2.75, 3.05) is 42.9 Å². The van der Waals surface area contributed by atoms with Crippen molar-refractivity contribution in [3.63, 3.8) is 0 Å². The molecule has 0 bridgehead atoms. The maximum absolute atomic E-state index is 12.7. The Labute approximate surface area is 181 Å². The van der Waals surface area contributed by atoms with Crippen LogP contribution in [0.25, 0.3) is 0 Å². The van der Waals surface area contributed by atoms with Gasteiger partial charge in [-0.3, -0.25) is 19.7 Å². The second-order valence-electron chi connectivity index (χ2n) is 7.43. The molecule has 1 heterocycles. The summed E-state index contributed by atoms with van der Waals surface area (Å²) < 4.78 is 0. The van der Waals surface area contributed by atoms with Crippen molar-refractivity contribution >= 4 is 28.9 Å². The molecule has 1 unspecified atom stereocenters. The second-order valence-corrected chi connectivity index (χ2v) is 7.43. The molecule has 2 amide bonds. The maximum atomic E-state index is 12.7. The summed E-state index contributed by atoms with van der Waals surface area (Å²) >= 11 is 0. The fourth-order valence-corrected chi connectivity index (χ4v) is 3.51. The molecule has 0 saturated carbocycles. The molecule has 164 valence electrons. The molecule has 3 rings (SSSR count). The minimum Gasteiger partial charge on any atom is -0.367 e. The summed E-state index contributed by atoms with van der Waals surface area (Å²) in [6, 6.07) is 12.2. The largest absolute Gasteiger partial charge is 0.367 e. The molecule has 0 radical (unpaired) electrons. The minimum atomic E-state index is -0.822. The van der Waals surface area contributed by atoms with Crippen LogP contribution in [0.4, 0.5) is 17.1 Å². The van der Waals surface area contributed by atoms with Crippen LogP contribution >= 0.6 is 0 Å². The van der Waals surface area contributed by atoms with E-state index in [4.69, 9.17) is 0 Å². The number of likely N-dealkylation sites (N-methyl/N-ethyl adjacent to an activating group) is 1. The third-order valence-corrected chi connectivity index (χ3v) is 5.38. The number of anilines is 2. The highest BCUT2D eigenvalue weighted by Gasteiger charge is 2.22. The first kappa shape index (κ1) is 22.2. The molecule has 1 aliphatic rings. The Morgan fingerprint density at radius 3 is 2.48 bits per heavy atom. The first-order valence-electron chi connectivity index (χ1n) is 10.3. The lowest BCUT2D eigenvalue weighted by molar-refractivity contribution is -0.384. The molecular weight excluding hydrogens is 398 g/mol. The fourth-order valence-electron chi connectivity index (χ4n) is 3.51. The molecule has 9 nitrogen and oxygen atoms in total. The molecule has 0 spiro atoms. The van der Waals surface area contributed by atoms with E-state index in [1.807, 2.05) is 24.3 Å². The van der Waals surface area contributed by atoms with Gasteiger partial charge in [0.1, 0.15) is 6.04 Å². The lowest BCUT2D eigenvalue weighted by Crippen LogP contribution is -2.46. The number of amides is 2. The first-order chi connectivity index (χ1) is 14.9. The van der Waals surface area contributed by atoms with Crippen LogP contribution in [0.2, 0.25) is 0 Å². The SMILES string of the molecule is CCN1CCN(c2ccccc2NC(=O)C(C)NC(=O)c2cccc([N+](=O)[O-])c2)CC1. The number of non-ortho nitro benzene ring substituents is 1. The van der Waals surface area contributed by atoms with E-state index in [0.717, 1.165) is 38.4 Å². The third kappa shape index (κ3) is 5.58. The number of carbonyl (C=O) groups is 2. The van der Waals surface area contributed by atoms with Crippen molar-refractivity contribution in [3.8, 4) is 0 Å². The summed E-state index contributed by atoms with van der Waals surface area (Å²) in [5.41, 5.74) is 1.59. The van der Waals surface area contributed by atoms with E-state index in [0.29, 0.717) is 5.69 Å². The van der Waals surface area contributed by atoms with Crippen molar-refractivity contribution in [2.45, 2.75) is 19.9 Å². The predicted molar refractivity (Wildman–Crippen MR) is 119 cm³/mol. The number of carbonyl (C=O) groups excluding carboxylic acids is 2. The van der Waals surface area contributed by atoms with Crippen LogP contribution in [0.15, 0.2) is 48.5 Å². The Hall–Kier alpha value is -3.46. The third-order valence-electron chi connectivity index (χ3n) is 5.38. The zero-order valence-corrected chi connectivity index (χ0v) is 17.7. The van der Waals surface area contributed by atoms with E-state index < -0.39 is 16.9 Å². The molecule has 0 aromatic heterocycles. The number of hydrogen-bond donors (Lipinski definition) is 2. The van der Waals surface area contributed by atoms with E-state index in [9.17, 15) is 19.7 Å². The van der Waals surface area contributed by atoms with Gasteiger partial charge in [0, 0.05) is 43.9 Å². The Morgan fingerprint density at radius 2 is 1.81 bits per heavy atom. The molecule has 1 aliphatic heterocycles. The van der Waals surface area contributed by atoms with Gasteiger partial charge in [-0.25, -0.2) is 0 Å². The highest BCUT2D eigenvalue weighted by atomic mass is 16.6. The van der Waals surface area contributed by atoms with Gasteiger partial charge in [0.2, 0.25) is 5.91 Å². The Bertz CT molecular complexity index is 956. The summed E-state index contributed by atoms with van der Waals surface area (Å²) in [6.45, 7) is 8.43. The average Bonchev–Trinajstić information content (AvgIpc) is 2.79. The van der Waals surface area contributed by atoms with Gasteiger partial charge in [-0.15, -0.1) is 0 Å². The van der Waals surface area contributed by atoms with Crippen molar-refractivity contribution < 1.29 is 14.5 Å². The van der Waals surface area contributed by atoms with Gasteiger partial charge < -0.3 is 20.4 Å². The van der Waals surface area contributed by atoms with Crippen LogP contribution in [-0.4, -0.2) is 60.4 Å². The van der Waals surface area contributed by atoms with Gasteiger partial charge in [0.25, 0.3) is 11.6 Å². The highest BCUT2D eigenvalue weighted by molar-refractivity contribution is 6.02. The zero-order chi connectivity index (χ0) is 22.4. The van der Waals surface area contributed by atoms with Gasteiger partial charge in [-0.05, 0) is 31.7 Å². The molecule has 2 N–H and O–H groups in total. The van der Waals surface area contributed by atoms with Crippen molar-refractivity contribution in [1.29, 1.82) is 0 Å². The lowest BCUT2D eigenvalue weighted by Gasteiger charge is -2.36. The van der Waals surface area contributed by atoms with E-state index in [1.54, 1.807) is 6.92 Å². The number of nitrogens with one attached hydrogen (secondary N) is 2. The van der Waals surface area contributed by atoms with Crippen LogP contribution in [0.3, 0.4) is 0 Å². The van der Waals surface area contributed by atoms with E-state index in [2.05, 4.69) is 27.4 Å². The van der Waals surface area contributed by atoms with E-state index in [-0.39, 0.29) is 17.2 Å². The maximum Gasteiger partial charge on any atom is 0.270 e. The predicted octanol–water partition coefficient (Wildman–Crippen LogP) is 2.49. The number of piperazine rings is 1. The Kier molecular flexibility index (Phi) is 7.19. The van der Waals surface area contributed by atoms with Crippen molar-refractivity contribution in [2.24, 2.45) is 0 Å². The lowest BCUT2D eigenvalue weighted by atomic mass is 10.1. The monoisotopic (exact) mass is 425 g/mol. The van der Waals surface area contributed by atoms with E-state index >= 15 is 0 Å². The van der Waals surface area contributed by atoms with Crippen molar-refractivity contribution in [1.82, 2.24) is 10.2 Å². The minimum absolute atomic E-state index is 0.128. The van der Waals surface area contributed by atoms with Gasteiger partial charge in [-0.1, -0.05) is 25.1 Å². The standard InChI is InChI=1S/C22H27N5O4/c1-3-25-11-13-26(14-12-25)20-10-5-4-9-19(20)24-21(28)16(2)23-22(29)17-7-6-8-18(15-17)27(30)31/h4-10,15-16H,3,11-14H2,1-2H3,(H,23,29)(H,24,28). The molecule has 9 heteroatoms. The highest BCUT2D eigenvalue weighted by Crippen LogP contribution is 2.26. The number of hydrogen-bond acceptors (Lipinski definition) is 6. The number of para-hydroxylation sites is 2. The molecule has 1 saturated heterocycles. The topological polar surface area (TPSA) is 108 Å². The smallest absolute Gasteiger partial charge is 0.270 e. The Balaban J connectivity index is 1.64. The van der Waals surface area contributed by atoms with Crippen LogP contribution in [0, 0.1) is 10.1 Å². The summed E-state index contributed by atoms with van der Waals surface area (Å²) in [4.78, 5) is 40.1. The summed E-state index contributed by atoms with van der Waals surface area (Å²) in [6.07, 6.45) is 0. The molecule has 2 aromatic carbocycles. The van der Waals surface area contributed by atoms with Crippen LogP contribution in [0.5, 0.6) is 0 Å².